The van der Waals surface area contributed by atoms with Crippen LogP contribution in [0.5, 0.6) is 0 Å². The highest BCUT2D eigenvalue weighted by Crippen LogP contribution is 2.26. The van der Waals surface area contributed by atoms with Crippen molar-refractivity contribution in [2.45, 2.75) is 19.9 Å². The molecular weight excluding hydrogens is 310 g/mol. The summed E-state index contributed by atoms with van der Waals surface area (Å²) in [6.45, 7) is 3.87. The average Bonchev–Trinajstić information content (AvgIpc) is 3.19. The van der Waals surface area contributed by atoms with Crippen LogP contribution in [0.2, 0.25) is 0 Å². The molecule has 0 aliphatic rings. The molecule has 0 fully saturated rings. The lowest BCUT2D eigenvalue weighted by molar-refractivity contribution is 0.0897. The zero-order valence-electron chi connectivity index (χ0n) is 13.1. The third kappa shape index (κ3) is 3.28. The van der Waals surface area contributed by atoms with E-state index in [2.05, 4.69) is 10.3 Å². The fraction of sp³-hybridized carbons (Fsp3) is 0.294. The number of aromatic nitrogens is 2. The molecule has 0 aliphatic heterocycles. The normalized spacial score (nSPS) is 12.7. The van der Waals surface area contributed by atoms with E-state index in [9.17, 15) is 9.90 Å². The molecule has 5 nitrogen and oxygen atoms in total. The van der Waals surface area contributed by atoms with Crippen molar-refractivity contribution in [1.29, 1.82) is 0 Å². The molecule has 0 aliphatic carbocycles. The number of fused-ring (bicyclic) bond motifs is 1. The van der Waals surface area contributed by atoms with Gasteiger partial charge in [-0.05, 0) is 36.2 Å². The Bertz CT molecular complexity index is 808. The van der Waals surface area contributed by atoms with Gasteiger partial charge >= 0.3 is 0 Å². The van der Waals surface area contributed by atoms with Gasteiger partial charge in [0.05, 0.1) is 22.9 Å². The van der Waals surface area contributed by atoms with Gasteiger partial charge in [0.1, 0.15) is 0 Å². The van der Waals surface area contributed by atoms with Crippen LogP contribution in [-0.2, 0) is 0 Å². The van der Waals surface area contributed by atoms with Crippen molar-refractivity contribution in [3.05, 3.63) is 48.3 Å². The van der Waals surface area contributed by atoms with Crippen molar-refractivity contribution >= 4 is 27.5 Å². The third-order valence-electron chi connectivity index (χ3n) is 3.78. The van der Waals surface area contributed by atoms with Gasteiger partial charge in [0.25, 0.3) is 5.91 Å². The van der Waals surface area contributed by atoms with Gasteiger partial charge in [-0.15, -0.1) is 0 Å². The fourth-order valence-electron chi connectivity index (χ4n) is 2.30. The highest BCUT2D eigenvalue weighted by atomic mass is 32.1. The van der Waals surface area contributed by atoms with E-state index in [1.165, 1.54) is 11.3 Å². The number of aliphatic hydroxyl groups is 1. The van der Waals surface area contributed by atoms with E-state index < -0.39 is 0 Å². The highest BCUT2D eigenvalue weighted by molar-refractivity contribution is 7.20. The quantitative estimate of drug-likeness (QED) is 0.756. The monoisotopic (exact) mass is 329 g/mol. The maximum absolute atomic E-state index is 12.4. The van der Waals surface area contributed by atoms with Crippen molar-refractivity contribution in [3.8, 4) is 5.13 Å². The molecule has 3 rings (SSSR count). The van der Waals surface area contributed by atoms with Gasteiger partial charge in [-0.3, -0.25) is 4.79 Å². The summed E-state index contributed by atoms with van der Waals surface area (Å²) >= 11 is 1.54. The van der Waals surface area contributed by atoms with Crippen molar-refractivity contribution < 1.29 is 9.90 Å². The Morgan fingerprint density at radius 1 is 1.35 bits per heavy atom. The van der Waals surface area contributed by atoms with Crippen molar-refractivity contribution in [2.24, 2.45) is 5.92 Å². The number of thiazole rings is 1. The zero-order valence-corrected chi connectivity index (χ0v) is 13.9. The molecule has 23 heavy (non-hydrogen) atoms. The van der Waals surface area contributed by atoms with Gasteiger partial charge in [-0.1, -0.05) is 25.2 Å². The summed E-state index contributed by atoms with van der Waals surface area (Å²) < 4.78 is 2.91. The number of carbonyl (C=O) groups excluding carboxylic acids is 1. The number of benzene rings is 1. The number of amides is 1. The molecule has 0 saturated carbocycles. The van der Waals surface area contributed by atoms with Crippen LogP contribution in [-0.4, -0.2) is 33.2 Å². The Hall–Kier alpha value is -2.18. The molecule has 1 atom stereocenters. The predicted molar refractivity (Wildman–Crippen MR) is 92.1 cm³/mol. The van der Waals surface area contributed by atoms with E-state index in [1.807, 2.05) is 55.1 Å². The first-order valence-electron chi connectivity index (χ1n) is 7.54. The van der Waals surface area contributed by atoms with Crippen LogP contribution >= 0.6 is 11.3 Å². The molecule has 2 aromatic heterocycles. The fourth-order valence-corrected chi connectivity index (χ4v) is 3.27. The van der Waals surface area contributed by atoms with Gasteiger partial charge < -0.3 is 15.0 Å². The van der Waals surface area contributed by atoms with Crippen LogP contribution in [0.25, 0.3) is 15.3 Å². The minimum Gasteiger partial charge on any atom is -0.394 e. The van der Waals surface area contributed by atoms with Crippen LogP contribution in [0.15, 0.2) is 42.7 Å². The molecule has 0 radical (unpaired) electrons. The lowest BCUT2D eigenvalue weighted by atomic mass is 10.0. The minimum absolute atomic E-state index is 0.0655. The number of aliphatic hydroxyl groups excluding tert-OH is 1. The molecule has 3 aromatic rings. The molecule has 6 heteroatoms. The molecule has 2 heterocycles. The lowest BCUT2D eigenvalue weighted by Gasteiger charge is -2.19. The smallest absolute Gasteiger partial charge is 0.251 e. The predicted octanol–water partition coefficient (Wildman–Crippen LogP) is 2.83. The summed E-state index contributed by atoms with van der Waals surface area (Å²) in [7, 11) is 0. The molecule has 1 aromatic carbocycles. The first-order valence-corrected chi connectivity index (χ1v) is 8.36. The Kier molecular flexibility index (Phi) is 4.45. The largest absolute Gasteiger partial charge is 0.394 e. The summed E-state index contributed by atoms with van der Waals surface area (Å²) in [4.78, 5) is 16.9. The van der Waals surface area contributed by atoms with Gasteiger partial charge in [-0.2, -0.15) is 0 Å². The minimum atomic E-state index is -0.241. The Morgan fingerprint density at radius 3 is 2.74 bits per heavy atom. The Morgan fingerprint density at radius 2 is 2.09 bits per heavy atom. The molecule has 0 spiro atoms. The number of nitrogens with zero attached hydrogens (tertiary/aromatic N) is 2. The number of hydrogen-bond acceptors (Lipinski definition) is 4. The van der Waals surface area contributed by atoms with Crippen molar-refractivity contribution in [1.82, 2.24) is 14.9 Å². The number of carbonyl (C=O) groups is 1. The third-order valence-corrected chi connectivity index (χ3v) is 4.81. The molecule has 0 bridgehead atoms. The maximum Gasteiger partial charge on any atom is 0.251 e. The van der Waals surface area contributed by atoms with E-state index in [1.54, 1.807) is 6.07 Å². The molecule has 1 amide bonds. The zero-order chi connectivity index (χ0) is 16.4. The lowest BCUT2D eigenvalue weighted by Crippen LogP contribution is -2.41. The van der Waals surface area contributed by atoms with E-state index >= 15 is 0 Å². The second-order valence-corrected chi connectivity index (χ2v) is 6.78. The van der Waals surface area contributed by atoms with Crippen LogP contribution < -0.4 is 5.32 Å². The number of nitrogens with one attached hydrogen (secondary N) is 1. The molecule has 120 valence electrons. The Balaban J connectivity index is 1.86. The summed E-state index contributed by atoms with van der Waals surface area (Å²) in [5.41, 5.74) is 1.46. The van der Waals surface area contributed by atoms with Crippen molar-refractivity contribution in [3.63, 3.8) is 0 Å². The highest BCUT2D eigenvalue weighted by Gasteiger charge is 2.17. The van der Waals surface area contributed by atoms with E-state index in [0.29, 0.717) is 5.56 Å². The molecule has 2 N–H and O–H groups in total. The average molecular weight is 329 g/mol. The van der Waals surface area contributed by atoms with Crippen molar-refractivity contribution in [2.75, 3.05) is 6.61 Å². The Labute approximate surface area is 138 Å². The number of hydrogen-bond donors (Lipinski definition) is 2. The first kappa shape index (κ1) is 15.7. The second kappa shape index (κ2) is 6.52. The molecular formula is C17H19N3O2S. The van der Waals surface area contributed by atoms with Gasteiger partial charge in [0.2, 0.25) is 0 Å². The molecule has 0 saturated heterocycles. The van der Waals surface area contributed by atoms with E-state index in [-0.39, 0.29) is 24.5 Å². The van der Waals surface area contributed by atoms with E-state index in [4.69, 9.17) is 0 Å². The summed E-state index contributed by atoms with van der Waals surface area (Å²) in [6.07, 6.45) is 3.89. The molecule has 0 unspecified atom stereocenters. The van der Waals surface area contributed by atoms with Crippen LogP contribution in [0.1, 0.15) is 24.2 Å². The van der Waals surface area contributed by atoms with Crippen LogP contribution in [0.3, 0.4) is 0 Å². The van der Waals surface area contributed by atoms with Crippen LogP contribution in [0.4, 0.5) is 0 Å². The standard InChI is InChI=1S/C17H19N3O2S/c1-11(2)14(10-21)18-16(22)12-5-6-13-15(9-12)23-17(19-13)20-7-3-4-8-20/h3-9,11,14,21H,10H2,1-2H3,(H,18,22)/t14-/m1/s1. The maximum atomic E-state index is 12.4. The summed E-state index contributed by atoms with van der Waals surface area (Å²) in [5, 5.41) is 13.1. The first-order chi connectivity index (χ1) is 11.1. The van der Waals surface area contributed by atoms with Gasteiger partial charge in [0, 0.05) is 18.0 Å². The summed E-state index contributed by atoms with van der Waals surface area (Å²) in [5.74, 6) is 0.00648. The number of rotatable bonds is 5. The van der Waals surface area contributed by atoms with Crippen LogP contribution in [0, 0.1) is 5.92 Å². The second-order valence-electron chi connectivity index (χ2n) is 5.78. The van der Waals surface area contributed by atoms with E-state index in [0.717, 1.165) is 15.3 Å². The van der Waals surface area contributed by atoms with Gasteiger partial charge in [-0.25, -0.2) is 4.98 Å². The SMILES string of the molecule is CC(C)[C@@H](CO)NC(=O)c1ccc2nc(-n3cccc3)sc2c1. The summed E-state index contributed by atoms with van der Waals surface area (Å²) in [6, 6.07) is 9.14. The van der Waals surface area contributed by atoms with Gasteiger partial charge in [0.15, 0.2) is 5.13 Å². The topological polar surface area (TPSA) is 67.2 Å².